The summed E-state index contributed by atoms with van der Waals surface area (Å²) >= 11 is 0. The maximum absolute atomic E-state index is 6.09. The van der Waals surface area contributed by atoms with E-state index in [-0.39, 0.29) is 11.7 Å². The molecule has 0 aromatic carbocycles. The molecule has 2 fully saturated rings. The van der Waals surface area contributed by atoms with Crippen LogP contribution in [0.25, 0.3) is 0 Å². The van der Waals surface area contributed by atoms with Crippen molar-refractivity contribution in [3.8, 4) is 11.5 Å². The van der Waals surface area contributed by atoms with Gasteiger partial charge in [0.25, 0.3) is 0 Å². The van der Waals surface area contributed by atoms with E-state index in [4.69, 9.17) is 18.8 Å². The minimum Gasteiger partial charge on any atom is -0.486 e. The van der Waals surface area contributed by atoms with Gasteiger partial charge < -0.3 is 18.8 Å². The van der Waals surface area contributed by atoms with Gasteiger partial charge in [0.2, 0.25) is 0 Å². The Bertz CT molecular complexity index is 604. The maximum atomic E-state index is 6.09. The van der Waals surface area contributed by atoms with Crippen molar-refractivity contribution in [1.29, 1.82) is 0 Å². The van der Waals surface area contributed by atoms with E-state index >= 15 is 0 Å². The second kappa shape index (κ2) is 5.63. The largest absolute Gasteiger partial charge is 0.514 e. The van der Waals surface area contributed by atoms with Gasteiger partial charge in [-0.25, -0.2) is 0 Å². The zero-order valence-electron chi connectivity index (χ0n) is 15.8. The molecule has 24 heavy (non-hydrogen) atoms. The first kappa shape index (κ1) is 17.6. The van der Waals surface area contributed by atoms with E-state index in [1.807, 2.05) is 54.5 Å². The fraction of sp³-hybridized carbons (Fsp3) is 0.722. The maximum Gasteiger partial charge on any atom is 0.514 e. The lowest BCUT2D eigenvalue weighted by atomic mass is 9.84. The molecule has 0 radical (unpaired) electrons. The van der Waals surface area contributed by atoms with Crippen LogP contribution in [0.2, 0.25) is 0 Å². The summed E-state index contributed by atoms with van der Waals surface area (Å²) in [6, 6.07) is 1.89. The predicted octanol–water partition coefficient (Wildman–Crippen LogP) is 3.10. The van der Waals surface area contributed by atoms with Crippen LogP contribution >= 0.6 is 0 Å². The second-order valence-electron chi connectivity index (χ2n) is 8.68. The molecule has 3 rings (SSSR count). The molecule has 2 aliphatic rings. The highest BCUT2D eigenvalue weighted by Gasteiger charge is 2.52. The number of rotatable bonds is 4. The molecule has 6 heteroatoms. The lowest BCUT2D eigenvalue weighted by Gasteiger charge is -2.32. The Kier molecular flexibility index (Phi) is 4.12. The van der Waals surface area contributed by atoms with Gasteiger partial charge in [-0.2, -0.15) is 0 Å². The summed E-state index contributed by atoms with van der Waals surface area (Å²) in [6.07, 6.45) is 4.16. The lowest BCUT2D eigenvalue weighted by molar-refractivity contribution is 0.00578. The zero-order chi connectivity index (χ0) is 17.8. The van der Waals surface area contributed by atoms with E-state index in [0.29, 0.717) is 17.1 Å². The predicted molar refractivity (Wildman–Crippen MR) is 94.0 cm³/mol. The Morgan fingerprint density at radius 1 is 1.08 bits per heavy atom. The molecule has 0 unspecified atom stereocenters. The summed E-state index contributed by atoms with van der Waals surface area (Å²) in [6.45, 7) is 14.2. The van der Waals surface area contributed by atoms with Crippen molar-refractivity contribution in [2.75, 3.05) is 0 Å². The van der Waals surface area contributed by atoms with E-state index in [1.54, 1.807) is 6.20 Å². The summed E-state index contributed by atoms with van der Waals surface area (Å²) in [7, 11) is -0.500. The molecule has 0 bridgehead atoms. The molecule has 0 N–H and O–H groups in total. The zero-order valence-corrected chi connectivity index (χ0v) is 15.8. The minimum atomic E-state index is -0.500. The standard InChI is InChI=1S/C18H28BNO4/c1-16(2,3)22-14-11-20-15(10-13(14)21-12-8-9-12)19-23-17(4,5)18(6,7)24-19/h10-12H,8-9H2,1-7H3. The van der Waals surface area contributed by atoms with Crippen LogP contribution in [0.1, 0.15) is 61.3 Å². The van der Waals surface area contributed by atoms with Crippen LogP contribution < -0.4 is 15.1 Å². The highest BCUT2D eigenvalue weighted by molar-refractivity contribution is 6.61. The van der Waals surface area contributed by atoms with Gasteiger partial charge in [0.15, 0.2) is 11.5 Å². The van der Waals surface area contributed by atoms with E-state index in [9.17, 15) is 0 Å². The molecule has 1 aliphatic heterocycles. The van der Waals surface area contributed by atoms with E-state index in [1.165, 1.54) is 0 Å². The third-order valence-corrected chi connectivity index (χ3v) is 4.58. The number of ether oxygens (including phenoxy) is 2. The number of nitrogens with zero attached hydrogens (tertiary/aromatic N) is 1. The first-order chi connectivity index (χ1) is 11.0. The van der Waals surface area contributed by atoms with Crippen molar-refractivity contribution in [3.05, 3.63) is 12.3 Å². The van der Waals surface area contributed by atoms with Crippen molar-refractivity contribution >= 4 is 12.7 Å². The Balaban J connectivity index is 1.87. The van der Waals surface area contributed by atoms with Gasteiger partial charge in [-0.3, -0.25) is 4.98 Å². The third kappa shape index (κ3) is 3.70. The Morgan fingerprint density at radius 3 is 2.17 bits per heavy atom. The summed E-state index contributed by atoms with van der Waals surface area (Å²) in [4.78, 5) is 4.51. The average Bonchev–Trinajstić information content (AvgIpc) is 3.18. The van der Waals surface area contributed by atoms with Crippen LogP contribution in [0.4, 0.5) is 0 Å². The molecule has 1 aromatic heterocycles. The monoisotopic (exact) mass is 333 g/mol. The molecule has 0 spiro atoms. The summed E-state index contributed by atoms with van der Waals surface area (Å²) in [5, 5.41) is 0. The first-order valence-corrected chi connectivity index (χ1v) is 8.68. The van der Waals surface area contributed by atoms with Crippen LogP contribution in [-0.4, -0.2) is 35.0 Å². The molecule has 1 saturated heterocycles. The van der Waals surface area contributed by atoms with Crippen molar-refractivity contribution in [2.24, 2.45) is 0 Å². The van der Waals surface area contributed by atoms with Crippen molar-refractivity contribution in [3.63, 3.8) is 0 Å². The fourth-order valence-corrected chi connectivity index (χ4v) is 2.40. The fourth-order valence-electron chi connectivity index (χ4n) is 2.40. The molecular weight excluding hydrogens is 305 g/mol. The topological polar surface area (TPSA) is 49.8 Å². The smallest absolute Gasteiger partial charge is 0.486 e. The number of pyridine rings is 1. The van der Waals surface area contributed by atoms with Crippen LogP contribution in [0.15, 0.2) is 12.3 Å². The van der Waals surface area contributed by atoms with Gasteiger partial charge in [-0.05, 0) is 61.3 Å². The van der Waals surface area contributed by atoms with Crippen LogP contribution in [0, 0.1) is 0 Å². The highest BCUT2D eigenvalue weighted by Crippen LogP contribution is 2.38. The Hall–Kier alpha value is -1.27. The van der Waals surface area contributed by atoms with E-state index in [2.05, 4.69) is 4.98 Å². The SMILES string of the molecule is CC(C)(C)Oc1cnc(B2OC(C)(C)C(C)(C)O2)cc1OC1CC1. The number of hydrogen-bond donors (Lipinski definition) is 0. The molecule has 1 saturated carbocycles. The Labute approximate surface area is 145 Å². The van der Waals surface area contributed by atoms with Gasteiger partial charge in [0.05, 0.1) is 29.1 Å². The van der Waals surface area contributed by atoms with Gasteiger partial charge in [-0.15, -0.1) is 0 Å². The number of aromatic nitrogens is 1. The van der Waals surface area contributed by atoms with Gasteiger partial charge in [0.1, 0.15) is 5.60 Å². The van der Waals surface area contributed by atoms with Gasteiger partial charge >= 0.3 is 7.12 Å². The molecule has 2 heterocycles. The molecular formula is C18H28BNO4. The van der Waals surface area contributed by atoms with E-state index < -0.39 is 18.3 Å². The molecule has 0 amide bonds. The second-order valence-corrected chi connectivity index (χ2v) is 8.68. The van der Waals surface area contributed by atoms with Gasteiger partial charge in [-0.1, -0.05) is 0 Å². The molecule has 5 nitrogen and oxygen atoms in total. The highest BCUT2D eigenvalue weighted by atomic mass is 16.7. The molecule has 1 aliphatic carbocycles. The lowest BCUT2D eigenvalue weighted by Crippen LogP contribution is -2.41. The Morgan fingerprint density at radius 2 is 1.67 bits per heavy atom. The van der Waals surface area contributed by atoms with Crippen molar-refractivity contribution < 1.29 is 18.8 Å². The van der Waals surface area contributed by atoms with Gasteiger partial charge in [0, 0.05) is 6.07 Å². The summed E-state index contributed by atoms with van der Waals surface area (Å²) in [5.41, 5.74) is -0.380. The summed E-state index contributed by atoms with van der Waals surface area (Å²) < 4.78 is 24.2. The third-order valence-electron chi connectivity index (χ3n) is 4.58. The quantitative estimate of drug-likeness (QED) is 0.793. The molecule has 0 atom stereocenters. The van der Waals surface area contributed by atoms with Crippen LogP contribution in [0.5, 0.6) is 11.5 Å². The normalized spacial score (nSPS) is 22.5. The van der Waals surface area contributed by atoms with Crippen LogP contribution in [0.3, 0.4) is 0 Å². The van der Waals surface area contributed by atoms with E-state index in [0.717, 1.165) is 12.8 Å². The molecule has 1 aromatic rings. The molecule has 132 valence electrons. The minimum absolute atomic E-state index is 0.279. The number of hydrogen-bond acceptors (Lipinski definition) is 5. The summed E-state index contributed by atoms with van der Waals surface area (Å²) in [5.74, 6) is 1.38. The average molecular weight is 333 g/mol. The van der Waals surface area contributed by atoms with Crippen molar-refractivity contribution in [1.82, 2.24) is 4.98 Å². The van der Waals surface area contributed by atoms with Crippen molar-refractivity contribution in [2.45, 2.75) is 84.2 Å². The first-order valence-electron chi connectivity index (χ1n) is 8.68. The van der Waals surface area contributed by atoms with Crippen LogP contribution in [-0.2, 0) is 9.31 Å².